The smallest absolute Gasteiger partial charge is 0.339 e. The van der Waals surface area contributed by atoms with Gasteiger partial charge >= 0.3 is 5.97 Å². The molecular formula is C39H33N3O7S. The van der Waals surface area contributed by atoms with Crippen molar-refractivity contribution in [3.63, 3.8) is 0 Å². The van der Waals surface area contributed by atoms with E-state index in [0.29, 0.717) is 39.6 Å². The van der Waals surface area contributed by atoms with Gasteiger partial charge in [-0.2, -0.15) is 0 Å². The maximum atomic E-state index is 13.8. The van der Waals surface area contributed by atoms with Crippen LogP contribution in [0.5, 0.6) is 11.5 Å². The van der Waals surface area contributed by atoms with E-state index in [4.69, 9.17) is 4.74 Å². The number of carboxylic acids is 1. The summed E-state index contributed by atoms with van der Waals surface area (Å²) in [6, 6.07) is 35.5. The molecule has 0 bridgehead atoms. The fourth-order valence-electron chi connectivity index (χ4n) is 4.86. The molecule has 0 aliphatic rings. The van der Waals surface area contributed by atoms with E-state index in [9.17, 15) is 29.4 Å². The number of aromatic carboxylic acids is 1. The second-order valence-corrected chi connectivity index (χ2v) is 11.9. The Labute approximate surface area is 292 Å². The Bertz CT molecular complexity index is 2030. The van der Waals surface area contributed by atoms with Crippen LogP contribution in [0, 0.1) is 0 Å². The highest BCUT2D eigenvalue weighted by Gasteiger charge is 2.24. The Morgan fingerprint density at radius 2 is 1.46 bits per heavy atom. The number of hydrogen-bond acceptors (Lipinski definition) is 7. The molecular weight excluding hydrogens is 655 g/mol. The van der Waals surface area contributed by atoms with E-state index in [1.807, 2.05) is 19.1 Å². The first-order valence-electron chi connectivity index (χ1n) is 15.5. The van der Waals surface area contributed by atoms with Gasteiger partial charge < -0.3 is 30.9 Å². The maximum absolute atomic E-state index is 13.8. The number of aromatic hydroxyl groups is 1. The number of rotatable bonds is 13. The molecule has 1 atom stereocenters. The second kappa shape index (κ2) is 16.7. The molecule has 0 heterocycles. The summed E-state index contributed by atoms with van der Waals surface area (Å²) in [5, 5.41) is 26.9. The first-order chi connectivity index (χ1) is 24.2. The van der Waals surface area contributed by atoms with Crippen molar-refractivity contribution in [2.24, 2.45) is 0 Å². The van der Waals surface area contributed by atoms with Gasteiger partial charge in [-0.1, -0.05) is 72.8 Å². The van der Waals surface area contributed by atoms with E-state index in [0.717, 1.165) is 0 Å². The third-order valence-corrected chi connectivity index (χ3v) is 8.48. The molecule has 1 unspecified atom stereocenters. The Morgan fingerprint density at radius 3 is 2.18 bits per heavy atom. The van der Waals surface area contributed by atoms with Crippen molar-refractivity contribution in [1.82, 2.24) is 5.32 Å². The van der Waals surface area contributed by atoms with Crippen LogP contribution in [-0.4, -0.2) is 40.5 Å². The number of carboxylic acid groups (broad SMARTS) is 1. The highest BCUT2D eigenvalue weighted by Crippen LogP contribution is 2.37. The molecule has 10 nitrogen and oxygen atoms in total. The van der Waals surface area contributed by atoms with Gasteiger partial charge in [-0.25, -0.2) is 4.79 Å². The fourth-order valence-corrected chi connectivity index (χ4v) is 5.94. The van der Waals surface area contributed by atoms with Gasteiger partial charge in [-0.3, -0.25) is 14.4 Å². The minimum atomic E-state index is -1.33. The van der Waals surface area contributed by atoms with Crippen molar-refractivity contribution in [2.45, 2.75) is 17.1 Å². The molecule has 0 radical (unpaired) electrons. The molecule has 0 saturated carbocycles. The molecule has 0 aliphatic heterocycles. The summed E-state index contributed by atoms with van der Waals surface area (Å²) < 4.78 is 5.73. The van der Waals surface area contributed by atoms with Crippen LogP contribution in [-0.2, 0) is 9.59 Å². The normalized spacial score (nSPS) is 11.6. The summed E-state index contributed by atoms with van der Waals surface area (Å²) in [5.74, 6) is -2.68. The summed E-state index contributed by atoms with van der Waals surface area (Å²) in [7, 11) is 0. The lowest BCUT2D eigenvalue weighted by Crippen LogP contribution is -2.30. The van der Waals surface area contributed by atoms with Gasteiger partial charge in [0.15, 0.2) is 0 Å². The lowest BCUT2D eigenvalue weighted by atomic mass is 10.1. The van der Waals surface area contributed by atoms with Crippen LogP contribution in [0.2, 0.25) is 0 Å². The van der Waals surface area contributed by atoms with E-state index in [1.165, 1.54) is 30.0 Å². The van der Waals surface area contributed by atoms with Crippen LogP contribution in [0.3, 0.4) is 0 Å². The lowest BCUT2D eigenvalue weighted by Gasteiger charge is -2.18. The summed E-state index contributed by atoms with van der Waals surface area (Å²) in [4.78, 5) is 52.7. The standard InChI is InChI=1S/C39H33N3O7S/c1-2-49-34-19-10-9-16-27(34)22-32(42-36(44)26-14-7-4-8-15-26)37(45)40-28-17-11-18-30(23-28)50-35(25-12-5-3-6-13-25)38(46)41-29-20-21-33(43)31(24-29)39(47)48/h3-24,35,43H,2H2,1H3,(H,40,45)(H,41,46)(H,42,44)(H,47,48)/b32-22+. The van der Waals surface area contributed by atoms with E-state index < -0.39 is 34.7 Å². The number of amides is 3. The number of ether oxygens (including phenoxy) is 1. The second-order valence-electron chi connectivity index (χ2n) is 10.8. The van der Waals surface area contributed by atoms with Crippen molar-refractivity contribution in [1.29, 1.82) is 0 Å². The van der Waals surface area contributed by atoms with Gasteiger partial charge in [0.2, 0.25) is 5.91 Å². The highest BCUT2D eigenvalue weighted by molar-refractivity contribution is 8.00. The molecule has 0 aromatic heterocycles. The third-order valence-electron chi connectivity index (χ3n) is 7.23. The molecule has 5 N–H and O–H groups in total. The molecule has 0 fully saturated rings. The molecule has 0 saturated heterocycles. The number of hydrogen-bond donors (Lipinski definition) is 5. The van der Waals surface area contributed by atoms with Gasteiger partial charge in [-0.15, -0.1) is 11.8 Å². The monoisotopic (exact) mass is 687 g/mol. The predicted octanol–water partition coefficient (Wildman–Crippen LogP) is 7.37. The van der Waals surface area contributed by atoms with Crippen LogP contribution in [0.25, 0.3) is 6.08 Å². The van der Waals surface area contributed by atoms with Crippen molar-refractivity contribution in [3.05, 3.63) is 155 Å². The van der Waals surface area contributed by atoms with Gasteiger partial charge in [0.25, 0.3) is 11.8 Å². The zero-order valence-electron chi connectivity index (χ0n) is 26.8. The van der Waals surface area contributed by atoms with Crippen LogP contribution in [0.4, 0.5) is 11.4 Å². The molecule has 3 amide bonds. The number of benzene rings is 5. The quantitative estimate of drug-likeness (QED) is 0.0489. The Hall–Kier alpha value is -6.33. The van der Waals surface area contributed by atoms with Crippen LogP contribution in [0.1, 0.15) is 44.0 Å². The summed E-state index contributed by atoms with van der Waals surface area (Å²) in [6.07, 6.45) is 1.55. The number of thioether (sulfide) groups is 1. The maximum Gasteiger partial charge on any atom is 0.339 e. The van der Waals surface area contributed by atoms with Gasteiger partial charge in [0, 0.05) is 27.4 Å². The molecule has 11 heteroatoms. The van der Waals surface area contributed by atoms with Crippen molar-refractivity contribution >= 4 is 52.9 Å². The Morgan fingerprint density at radius 1 is 0.780 bits per heavy atom. The van der Waals surface area contributed by atoms with Crippen molar-refractivity contribution in [3.8, 4) is 11.5 Å². The Balaban J connectivity index is 1.40. The number of nitrogens with one attached hydrogen (secondary N) is 3. The van der Waals surface area contributed by atoms with Crippen LogP contribution < -0.4 is 20.7 Å². The van der Waals surface area contributed by atoms with Gasteiger partial charge in [-0.05, 0) is 73.2 Å². The Kier molecular flexibility index (Phi) is 11.7. The first kappa shape index (κ1) is 35.0. The molecule has 0 spiro atoms. The third kappa shape index (κ3) is 9.18. The van der Waals surface area contributed by atoms with Crippen molar-refractivity contribution in [2.75, 3.05) is 17.2 Å². The largest absolute Gasteiger partial charge is 0.507 e. The number of carbonyl (C=O) groups excluding carboxylic acids is 3. The van der Waals surface area contributed by atoms with Crippen LogP contribution >= 0.6 is 11.8 Å². The zero-order valence-corrected chi connectivity index (χ0v) is 27.6. The summed E-state index contributed by atoms with van der Waals surface area (Å²) in [5.41, 5.74) is 1.91. The molecule has 5 rings (SSSR count). The number of phenols is 1. The number of carbonyl (C=O) groups is 4. The SMILES string of the molecule is CCOc1ccccc1/C=C(/NC(=O)c1ccccc1)C(=O)Nc1cccc(SC(C(=O)Nc2ccc(O)c(C(=O)O)c2)c2ccccc2)c1. The first-order valence-corrected chi connectivity index (χ1v) is 16.4. The molecule has 50 heavy (non-hydrogen) atoms. The van der Waals surface area contributed by atoms with Gasteiger partial charge in [0.1, 0.15) is 28.0 Å². The molecule has 5 aromatic rings. The topological polar surface area (TPSA) is 154 Å². The minimum Gasteiger partial charge on any atom is -0.507 e. The minimum absolute atomic E-state index is 0.0137. The predicted molar refractivity (Wildman–Crippen MR) is 193 cm³/mol. The lowest BCUT2D eigenvalue weighted by molar-refractivity contribution is -0.116. The van der Waals surface area contributed by atoms with E-state index >= 15 is 0 Å². The zero-order chi connectivity index (χ0) is 35.5. The highest BCUT2D eigenvalue weighted by atomic mass is 32.2. The number of anilines is 2. The van der Waals surface area contributed by atoms with E-state index in [1.54, 1.807) is 103 Å². The molecule has 252 valence electrons. The van der Waals surface area contributed by atoms with Gasteiger partial charge in [0.05, 0.1) is 6.61 Å². The average molecular weight is 688 g/mol. The number of para-hydroxylation sites is 1. The molecule has 0 aliphatic carbocycles. The fraction of sp³-hybridized carbons (Fsp3) is 0.0769. The summed E-state index contributed by atoms with van der Waals surface area (Å²) in [6.45, 7) is 2.26. The van der Waals surface area contributed by atoms with Crippen molar-refractivity contribution < 1.29 is 34.1 Å². The summed E-state index contributed by atoms with van der Waals surface area (Å²) >= 11 is 1.22. The van der Waals surface area contributed by atoms with E-state index in [-0.39, 0.29) is 16.9 Å². The van der Waals surface area contributed by atoms with E-state index in [2.05, 4.69) is 16.0 Å². The molecule has 5 aromatic carbocycles. The van der Waals surface area contributed by atoms with Crippen LogP contribution in [0.15, 0.2) is 138 Å². The average Bonchev–Trinajstić information content (AvgIpc) is 3.12.